The molecule has 0 bridgehead atoms. The lowest BCUT2D eigenvalue weighted by Gasteiger charge is -2.46. The maximum Gasteiger partial charge on any atom is 0.303 e. The molecular weight excluding hydrogens is 192 g/mol. The van der Waals surface area contributed by atoms with E-state index in [2.05, 4.69) is 0 Å². The minimum absolute atomic E-state index is 0.314. The summed E-state index contributed by atoms with van der Waals surface area (Å²) >= 11 is 0. The Morgan fingerprint density at radius 1 is 1.33 bits per heavy atom. The smallest absolute Gasteiger partial charge is 0.303 e. The van der Waals surface area contributed by atoms with E-state index in [0.29, 0.717) is 11.8 Å². The largest absolute Gasteiger partial charge is 0.481 e. The lowest BCUT2D eigenvalue weighted by atomic mass is 9.69. The Hall–Kier alpha value is -0.570. The van der Waals surface area contributed by atoms with E-state index in [4.69, 9.17) is 9.84 Å². The fraction of sp³-hybridized carbons (Fsp3) is 0.917. The second-order valence-corrected chi connectivity index (χ2v) is 5.08. The van der Waals surface area contributed by atoms with Crippen LogP contribution in [-0.4, -0.2) is 24.3 Å². The molecule has 0 unspecified atom stereocenters. The molecule has 15 heavy (non-hydrogen) atoms. The number of carboxylic acid groups (broad SMARTS) is 1. The first-order valence-corrected chi connectivity index (χ1v) is 6.02. The Kier molecular flexibility index (Phi) is 3.29. The van der Waals surface area contributed by atoms with Gasteiger partial charge in [-0.3, -0.25) is 4.79 Å². The highest BCUT2D eigenvalue weighted by molar-refractivity contribution is 5.66. The van der Waals surface area contributed by atoms with Gasteiger partial charge in [0.2, 0.25) is 0 Å². The molecule has 1 heterocycles. The van der Waals surface area contributed by atoms with Crippen LogP contribution in [0.2, 0.25) is 0 Å². The Labute approximate surface area is 90.8 Å². The third kappa shape index (κ3) is 2.33. The molecule has 0 aromatic carbocycles. The van der Waals surface area contributed by atoms with Crippen molar-refractivity contribution in [2.24, 2.45) is 11.3 Å². The third-order valence-corrected chi connectivity index (χ3v) is 4.07. The van der Waals surface area contributed by atoms with E-state index < -0.39 is 5.97 Å². The molecule has 0 atom stereocenters. The molecule has 0 radical (unpaired) electrons. The summed E-state index contributed by atoms with van der Waals surface area (Å²) in [7, 11) is 0. The molecule has 1 N–H and O–H groups in total. The second kappa shape index (κ2) is 4.52. The van der Waals surface area contributed by atoms with Crippen LogP contribution >= 0.6 is 0 Å². The van der Waals surface area contributed by atoms with E-state index in [1.54, 1.807) is 0 Å². The summed E-state index contributed by atoms with van der Waals surface area (Å²) in [5, 5.41) is 8.64. The first kappa shape index (κ1) is 10.9. The van der Waals surface area contributed by atoms with Crippen LogP contribution in [0.3, 0.4) is 0 Å². The van der Waals surface area contributed by atoms with Gasteiger partial charge in [0.15, 0.2) is 0 Å². The molecule has 1 aliphatic heterocycles. The Bertz CT molecular complexity index is 227. The van der Waals surface area contributed by atoms with Crippen molar-refractivity contribution >= 4 is 5.97 Å². The van der Waals surface area contributed by atoms with Crippen molar-refractivity contribution in [2.75, 3.05) is 13.2 Å². The van der Waals surface area contributed by atoms with Crippen molar-refractivity contribution in [3.8, 4) is 0 Å². The Morgan fingerprint density at radius 2 is 2.00 bits per heavy atom. The van der Waals surface area contributed by atoms with Crippen LogP contribution in [0.5, 0.6) is 0 Å². The molecule has 1 saturated carbocycles. The molecule has 2 rings (SSSR count). The molecular formula is C12H20O3. The minimum Gasteiger partial charge on any atom is -0.481 e. The van der Waals surface area contributed by atoms with E-state index in [0.717, 1.165) is 32.0 Å². The van der Waals surface area contributed by atoms with E-state index in [1.165, 1.54) is 25.7 Å². The van der Waals surface area contributed by atoms with E-state index in [1.807, 2.05) is 0 Å². The second-order valence-electron chi connectivity index (χ2n) is 5.08. The van der Waals surface area contributed by atoms with Gasteiger partial charge in [-0.25, -0.2) is 0 Å². The topological polar surface area (TPSA) is 46.5 Å². The third-order valence-electron chi connectivity index (χ3n) is 4.07. The van der Waals surface area contributed by atoms with Crippen molar-refractivity contribution in [1.82, 2.24) is 0 Å². The van der Waals surface area contributed by atoms with Crippen molar-refractivity contribution in [3.63, 3.8) is 0 Å². The maximum absolute atomic E-state index is 10.5. The molecule has 2 aliphatic rings. The van der Waals surface area contributed by atoms with Gasteiger partial charge in [-0.15, -0.1) is 0 Å². The molecule has 1 aliphatic carbocycles. The number of hydrogen-bond acceptors (Lipinski definition) is 2. The summed E-state index contributed by atoms with van der Waals surface area (Å²) in [4.78, 5) is 10.5. The SMILES string of the molecule is O=C(O)CCCC1(C2CCCC2)COC1. The van der Waals surface area contributed by atoms with Gasteiger partial charge < -0.3 is 9.84 Å². The van der Waals surface area contributed by atoms with Gasteiger partial charge in [0.05, 0.1) is 13.2 Å². The van der Waals surface area contributed by atoms with E-state index in [-0.39, 0.29) is 0 Å². The summed E-state index contributed by atoms with van der Waals surface area (Å²) in [6.07, 6.45) is 7.54. The van der Waals surface area contributed by atoms with Crippen molar-refractivity contribution < 1.29 is 14.6 Å². The summed E-state index contributed by atoms with van der Waals surface area (Å²) in [6.45, 7) is 1.74. The number of aliphatic carboxylic acids is 1. The van der Waals surface area contributed by atoms with Gasteiger partial charge >= 0.3 is 5.97 Å². The van der Waals surface area contributed by atoms with Gasteiger partial charge in [0.25, 0.3) is 0 Å². The normalized spacial score (nSPS) is 25.1. The number of ether oxygens (including phenoxy) is 1. The van der Waals surface area contributed by atoms with Crippen LogP contribution < -0.4 is 0 Å². The summed E-state index contributed by atoms with van der Waals surface area (Å²) in [6, 6.07) is 0. The van der Waals surface area contributed by atoms with Gasteiger partial charge in [-0.05, 0) is 31.6 Å². The summed E-state index contributed by atoms with van der Waals surface area (Å²) < 4.78 is 5.36. The van der Waals surface area contributed by atoms with Crippen LogP contribution in [0.25, 0.3) is 0 Å². The molecule has 86 valence electrons. The predicted molar refractivity (Wildman–Crippen MR) is 56.7 cm³/mol. The van der Waals surface area contributed by atoms with E-state index >= 15 is 0 Å². The molecule has 0 spiro atoms. The average molecular weight is 212 g/mol. The zero-order valence-corrected chi connectivity index (χ0v) is 9.21. The number of carbonyl (C=O) groups is 1. The van der Waals surface area contributed by atoms with Gasteiger partial charge in [0, 0.05) is 11.8 Å². The summed E-state index contributed by atoms with van der Waals surface area (Å²) in [5.41, 5.74) is 0.353. The van der Waals surface area contributed by atoms with Crippen LogP contribution in [0.15, 0.2) is 0 Å². The van der Waals surface area contributed by atoms with Gasteiger partial charge in [-0.1, -0.05) is 12.8 Å². The molecule has 0 amide bonds. The lowest BCUT2D eigenvalue weighted by Crippen LogP contribution is -2.47. The number of rotatable bonds is 5. The molecule has 2 fully saturated rings. The number of hydrogen-bond donors (Lipinski definition) is 1. The van der Waals surface area contributed by atoms with Crippen LogP contribution in [0, 0.1) is 11.3 Å². The monoisotopic (exact) mass is 212 g/mol. The highest BCUT2D eigenvalue weighted by Crippen LogP contribution is 2.48. The zero-order valence-electron chi connectivity index (χ0n) is 9.21. The molecule has 3 heteroatoms. The highest BCUT2D eigenvalue weighted by atomic mass is 16.5. The van der Waals surface area contributed by atoms with Crippen molar-refractivity contribution in [2.45, 2.75) is 44.9 Å². The van der Waals surface area contributed by atoms with Crippen LogP contribution in [0.4, 0.5) is 0 Å². The predicted octanol–water partition coefficient (Wildman–Crippen LogP) is 2.45. The van der Waals surface area contributed by atoms with Crippen molar-refractivity contribution in [1.29, 1.82) is 0 Å². The molecule has 0 aromatic rings. The van der Waals surface area contributed by atoms with Gasteiger partial charge in [-0.2, -0.15) is 0 Å². The van der Waals surface area contributed by atoms with Crippen molar-refractivity contribution in [3.05, 3.63) is 0 Å². The average Bonchev–Trinajstić information content (AvgIpc) is 2.62. The maximum atomic E-state index is 10.5. The van der Waals surface area contributed by atoms with Crippen LogP contribution in [0.1, 0.15) is 44.9 Å². The van der Waals surface area contributed by atoms with Gasteiger partial charge in [0.1, 0.15) is 0 Å². The Balaban J connectivity index is 1.82. The number of carboxylic acids is 1. The first-order chi connectivity index (χ1) is 7.23. The Morgan fingerprint density at radius 3 is 2.47 bits per heavy atom. The lowest BCUT2D eigenvalue weighted by molar-refractivity contribution is -0.152. The summed E-state index contributed by atoms with van der Waals surface area (Å²) in [5.74, 6) is 0.136. The standard InChI is InChI=1S/C12H20O3/c13-11(14)6-3-7-12(8-15-9-12)10-4-1-2-5-10/h10H,1-9H2,(H,13,14). The molecule has 0 aromatic heterocycles. The fourth-order valence-electron chi connectivity index (χ4n) is 3.08. The van der Waals surface area contributed by atoms with E-state index in [9.17, 15) is 4.79 Å². The van der Waals surface area contributed by atoms with Crippen LogP contribution in [-0.2, 0) is 9.53 Å². The highest BCUT2D eigenvalue weighted by Gasteiger charge is 2.45. The first-order valence-electron chi connectivity index (χ1n) is 6.02. The fourth-order valence-corrected chi connectivity index (χ4v) is 3.08. The zero-order chi connectivity index (χ0) is 10.7. The quantitative estimate of drug-likeness (QED) is 0.761. The minimum atomic E-state index is -0.670. The molecule has 3 nitrogen and oxygen atoms in total. The molecule has 1 saturated heterocycles.